The summed E-state index contributed by atoms with van der Waals surface area (Å²) in [6, 6.07) is 38.4. The molecular formula is C31H23BrO4. The Morgan fingerprint density at radius 1 is 0.611 bits per heavy atom. The van der Waals surface area contributed by atoms with Gasteiger partial charge in [0.25, 0.3) is 5.78 Å². The van der Waals surface area contributed by atoms with Crippen LogP contribution in [0.4, 0.5) is 0 Å². The van der Waals surface area contributed by atoms with E-state index in [4.69, 9.17) is 9.47 Å². The number of hydrogen-bond donors (Lipinski definition) is 0. The number of hydrogen-bond acceptors (Lipinski definition) is 4. The molecule has 1 aliphatic rings. The standard InChI is InChI=1S/C31H23BrO4/c1-35-29(34)27(33)26-28(32)31(24-18-10-4-11-19-24,25-20-12-5-13-21-25)36-30(26,22-14-6-2-7-15-22)23-16-8-3-9-17-23/h2-21H,1H3. The van der Waals surface area contributed by atoms with Crippen molar-refractivity contribution in [3.8, 4) is 0 Å². The Balaban J connectivity index is 1.94. The number of ketones is 1. The van der Waals surface area contributed by atoms with E-state index in [-0.39, 0.29) is 5.57 Å². The van der Waals surface area contributed by atoms with Crippen LogP contribution in [-0.2, 0) is 30.3 Å². The van der Waals surface area contributed by atoms with Crippen molar-refractivity contribution in [1.82, 2.24) is 0 Å². The number of carbonyl (C=O) groups excluding carboxylic acids is 2. The molecule has 5 heteroatoms. The maximum atomic E-state index is 13.9. The Hall–Kier alpha value is -3.80. The minimum Gasteiger partial charge on any atom is -0.463 e. The van der Waals surface area contributed by atoms with Crippen molar-refractivity contribution in [3.63, 3.8) is 0 Å². The molecule has 0 bridgehead atoms. The molecule has 0 atom stereocenters. The molecule has 178 valence electrons. The van der Waals surface area contributed by atoms with E-state index in [9.17, 15) is 9.59 Å². The van der Waals surface area contributed by atoms with E-state index in [1.165, 1.54) is 7.11 Å². The van der Waals surface area contributed by atoms with Crippen LogP contribution >= 0.6 is 15.9 Å². The van der Waals surface area contributed by atoms with Crippen molar-refractivity contribution in [2.45, 2.75) is 11.2 Å². The molecule has 0 amide bonds. The fraction of sp³-hybridized carbons (Fsp3) is 0.0968. The molecule has 0 saturated carbocycles. The summed E-state index contributed by atoms with van der Waals surface area (Å²) in [5, 5.41) is 0. The number of Topliss-reactive ketones (excluding diaryl/α,β-unsaturated/α-hetero) is 1. The van der Waals surface area contributed by atoms with Crippen LogP contribution in [0.1, 0.15) is 22.3 Å². The molecule has 0 spiro atoms. The smallest absolute Gasteiger partial charge is 0.379 e. The quantitative estimate of drug-likeness (QED) is 0.213. The van der Waals surface area contributed by atoms with Crippen LogP contribution in [-0.4, -0.2) is 18.9 Å². The number of halogens is 1. The summed E-state index contributed by atoms with van der Waals surface area (Å²) in [4.78, 5) is 26.7. The third-order valence-corrected chi connectivity index (χ3v) is 7.46. The summed E-state index contributed by atoms with van der Waals surface area (Å²) in [5.41, 5.74) is 0.618. The van der Waals surface area contributed by atoms with Gasteiger partial charge >= 0.3 is 5.97 Å². The normalized spacial score (nSPS) is 15.9. The van der Waals surface area contributed by atoms with Crippen LogP contribution in [0.25, 0.3) is 0 Å². The lowest BCUT2D eigenvalue weighted by Crippen LogP contribution is -2.39. The lowest BCUT2D eigenvalue weighted by molar-refractivity contribution is -0.151. The van der Waals surface area contributed by atoms with Gasteiger partial charge in [-0.25, -0.2) is 4.79 Å². The predicted octanol–water partition coefficient (Wildman–Crippen LogP) is 6.30. The average molecular weight is 539 g/mol. The lowest BCUT2D eigenvalue weighted by atomic mass is 9.78. The average Bonchev–Trinajstić information content (AvgIpc) is 3.25. The molecule has 0 unspecified atom stereocenters. The van der Waals surface area contributed by atoms with Crippen molar-refractivity contribution in [3.05, 3.63) is 154 Å². The highest BCUT2D eigenvalue weighted by molar-refractivity contribution is 9.11. The van der Waals surface area contributed by atoms with Gasteiger partial charge in [0.15, 0.2) is 11.2 Å². The number of rotatable bonds is 6. The van der Waals surface area contributed by atoms with Gasteiger partial charge in [-0.05, 0) is 22.3 Å². The van der Waals surface area contributed by atoms with Crippen LogP contribution in [0.3, 0.4) is 0 Å². The Morgan fingerprint density at radius 3 is 1.28 bits per heavy atom. The van der Waals surface area contributed by atoms with Crippen molar-refractivity contribution in [2.24, 2.45) is 0 Å². The van der Waals surface area contributed by atoms with Gasteiger partial charge in [-0.1, -0.05) is 137 Å². The molecule has 1 aliphatic heterocycles. The zero-order chi connectivity index (χ0) is 25.2. The van der Waals surface area contributed by atoms with Crippen molar-refractivity contribution < 1.29 is 19.1 Å². The van der Waals surface area contributed by atoms with E-state index in [0.717, 1.165) is 11.1 Å². The maximum Gasteiger partial charge on any atom is 0.379 e. The van der Waals surface area contributed by atoms with Crippen molar-refractivity contribution in [2.75, 3.05) is 7.11 Å². The monoisotopic (exact) mass is 538 g/mol. The zero-order valence-electron chi connectivity index (χ0n) is 19.6. The second-order valence-corrected chi connectivity index (χ2v) is 9.23. The topological polar surface area (TPSA) is 52.6 Å². The van der Waals surface area contributed by atoms with Crippen molar-refractivity contribution >= 4 is 27.7 Å². The van der Waals surface area contributed by atoms with Crippen LogP contribution in [0.2, 0.25) is 0 Å². The molecule has 0 N–H and O–H groups in total. The largest absolute Gasteiger partial charge is 0.463 e. The SMILES string of the molecule is COC(=O)C(=O)C1=C(Br)C(c2ccccc2)(c2ccccc2)OC1(c1ccccc1)c1ccccc1. The third-order valence-electron chi connectivity index (χ3n) is 6.51. The molecule has 4 aromatic carbocycles. The molecule has 0 aromatic heterocycles. The number of esters is 1. The van der Waals surface area contributed by atoms with Gasteiger partial charge in [0, 0.05) is 4.48 Å². The molecule has 4 aromatic rings. The fourth-order valence-corrected chi connectivity index (χ4v) is 5.91. The maximum absolute atomic E-state index is 13.9. The third kappa shape index (κ3) is 3.63. The van der Waals surface area contributed by atoms with Gasteiger partial charge in [0.1, 0.15) is 0 Å². The van der Waals surface area contributed by atoms with Gasteiger partial charge in [0.05, 0.1) is 12.7 Å². The van der Waals surface area contributed by atoms with Crippen LogP contribution in [0.15, 0.2) is 131 Å². The molecule has 4 nitrogen and oxygen atoms in total. The van der Waals surface area contributed by atoms with Gasteiger partial charge in [-0.3, -0.25) is 4.79 Å². The van der Waals surface area contributed by atoms with Crippen LogP contribution in [0, 0.1) is 0 Å². The summed E-state index contributed by atoms with van der Waals surface area (Å²) >= 11 is 3.80. The Morgan fingerprint density at radius 2 is 0.944 bits per heavy atom. The van der Waals surface area contributed by atoms with E-state index in [2.05, 4.69) is 15.9 Å². The molecule has 0 radical (unpaired) electrons. The predicted molar refractivity (Wildman–Crippen MR) is 141 cm³/mol. The Bertz CT molecular complexity index is 1340. The first-order valence-corrected chi connectivity index (χ1v) is 12.3. The molecule has 5 rings (SSSR count). The highest BCUT2D eigenvalue weighted by Gasteiger charge is 2.60. The first-order valence-electron chi connectivity index (χ1n) is 11.5. The number of carbonyl (C=O) groups is 2. The summed E-state index contributed by atoms with van der Waals surface area (Å²) in [6.45, 7) is 0. The van der Waals surface area contributed by atoms with Gasteiger partial charge < -0.3 is 9.47 Å². The van der Waals surface area contributed by atoms with E-state index in [1.54, 1.807) is 0 Å². The number of benzene rings is 4. The van der Waals surface area contributed by atoms with E-state index < -0.39 is 23.0 Å². The van der Waals surface area contributed by atoms with Gasteiger partial charge in [-0.15, -0.1) is 0 Å². The number of ether oxygens (including phenoxy) is 2. The molecule has 0 aliphatic carbocycles. The summed E-state index contributed by atoms with van der Waals surface area (Å²) in [5.74, 6) is -1.73. The first-order chi connectivity index (χ1) is 17.6. The molecular weight excluding hydrogens is 516 g/mol. The Labute approximate surface area is 218 Å². The minimum atomic E-state index is -1.40. The zero-order valence-corrected chi connectivity index (χ0v) is 21.1. The summed E-state index contributed by atoms with van der Waals surface area (Å²) in [6.07, 6.45) is 0. The van der Waals surface area contributed by atoms with E-state index in [1.807, 2.05) is 121 Å². The van der Waals surface area contributed by atoms with Gasteiger partial charge in [-0.2, -0.15) is 0 Å². The summed E-state index contributed by atoms with van der Waals surface area (Å²) < 4.78 is 12.6. The van der Waals surface area contributed by atoms with Gasteiger partial charge in [0.2, 0.25) is 0 Å². The molecule has 0 fully saturated rings. The van der Waals surface area contributed by atoms with E-state index in [0.29, 0.717) is 15.6 Å². The number of methoxy groups -OCH3 is 1. The fourth-order valence-electron chi connectivity index (χ4n) is 4.91. The second-order valence-electron chi connectivity index (χ2n) is 8.44. The minimum absolute atomic E-state index is 0.180. The summed E-state index contributed by atoms with van der Waals surface area (Å²) in [7, 11) is 1.21. The van der Waals surface area contributed by atoms with Crippen molar-refractivity contribution in [1.29, 1.82) is 0 Å². The molecule has 1 heterocycles. The lowest BCUT2D eigenvalue weighted by Gasteiger charge is -2.38. The van der Waals surface area contributed by atoms with Crippen LogP contribution in [0.5, 0.6) is 0 Å². The first kappa shape index (κ1) is 23.9. The molecule has 36 heavy (non-hydrogen) atoms. The van der Waals surface area contributed by atoms with E-state index >= 15 is 0 Å². The highest BCUT2D eigenvalue weighted by atomic mass is 79.9. The Kier molecular flexibility index (Phi) is 6.44. The highest BCUT2D eigenvalue weighted by Crippen LogP contribution is 2.60. The second kappa shape index (κ2) is 9.69. The van der Waals surface area contributed by atoms with Crippen LogP contribution < -0.4 is 0 Å². The molecule has 0 saturated heterocycles.